The molecule has 1 aromatic heterocycles. The standard InChI is InChI=1S/C60H41NO/c1-2-15-42(16-3-1)53-21-7-10-24-56(53)57-25-11-8-22-54(57)45-31-37-49(38-32-45)61(48-35-29-44(30-36-48)52-27-14-19-43-17-4-6-20-51(43)52)50-39-33-46(34-40-50)55-23-9-12-26-58(55)60-41-47-18-5-13-28-59(47)62-60/h1-41H. The topological polar surface area (TPSA) is 16.4 Å². The number of fused-ring (bicyclic) bond motifs is 2. The Morgan fingerprint density at radius 1 is 0.258 bits per heavy atom. The molecule has 0 bridgehead atoms. The summed E-state index contributed by atoms with van der Waals surface area (Å²) in [5.41, 5.74) is 17.1. The summed E-state index contributed by atoms with van der Waals surface area (Å²) in [7, 11) is 0. The number of hydrogen-bond donors (Lipinski definition) is 0. The molecule has 0 atom stereocenters. The quantitative estimate of drug-likeness (QED) is 0.145. The van der Waals surface area contributed by atoms with Gasteiger partial charge in [0.05, 0.1) is 0 Å². The number of nitrogens with zero attached hydrogens (tertiary/aromatic N) is 1. The van der Waals surface area contributed by atoms with Crippen molar-refractivity contribution in [2.75, 3.05) is 4.90 Å². The summed E-state index contributed by atoms with van der Waals surface area (Å²) in [6, 6.07) is 89.0. The van der Waals surface area contributed by atoms with E-state index in [0.717, 1.165) is 56.0 Å². The SMILES string of the molecule is c1ccc(-c2ccccc2-c2ccccc2-c2ccc(N(c3ccc(-c4ccccc4-c4cc5ccccc5o4)cc3)c3ccc(-c4cccc5ccccc45)cc3)cc2)cc1. The van der Waals surface area contributed by atoms with Gasteiger partial charge in [-0.1, -0.05) is 200 Å². The van der Waals surface area contributed by atoms with E-state index < -0.39 is 0 Å². The highest BCUT2D eigenvalue weighted by atomic mass is 16.3. The van der Waals surface area contributed by atoms with Crippen LogP contribution in [0.15, 0.2) is 253 Å². The van der Waals surface area contributed by atoms with Gasteiger partial charge in [-0.2, -0.15) is 0 Å². The summed E-state index contributed by atoms with van der Waals surface area (Å²) in [4.78, 5) is 2.35. The lowest BCUT2D eigenvalue weighted by Gasteiger charge is -2.26. The molecule has 0 unspecified atom stereocenters. The fourth-order valence-corrected chi connectivity index (χ4v) is 8.92. The van der Waals surface area contributed by atoms with Gasteiger partial charge in [-0.3, -0.25) is 0 Å². The Morgan fingerprint density at radius 2 is 0.645 bits per heavy atom. The van der Waals surface area contributed by atoms with Crippen LogP contribution in [0.4, 0.5) is 17.1 Å². The highest BCUT2D eigenvalue weighted by Gasteiger charge is 2.18. The first-order valence-corrected chi connectivity index (χ1v) is 21.2. The zero-order valence-electron chi connectivity index (χ0n) is 34.0. The zero-order chi connectivity index (χ0) is 41.2. The molecule has 10 aromatic carbocycles. The van der Waals surface area contributed by atoms with E-state index in [1.807, 2.05) is 18.2 Å². The van der Waals surface area contributed by atoms with Crippen LogP contribution in [-0.4, -0.2) is 0 Å². The first kappa shape index (κ1) is 36.8. The van der Waals surface area contributed by atoms with Gasteiger partial charge in [0.2, 0.25) is 0 Å². The monoisotopic (exact) mass is 791 g/mol. The Morgan fingerprint density at radius 3 is 1.21 bits per heavy atom. The van der Waals surface area contributed by atoms with Crippen molar-refractivity contribution in [1.29, 1.82) is 0 Å². The van der Waals surface area contributed by atoms with Crippen LogP contribution >= 0.6 is 0 Å². The molecule has 0 saturated heterocycles. The Hall–Kier alpha value is -8.20. The highest BCUT2D eigenvalue weighted by Crippen LogP contribution is 2.42. The molecule has 0 amide bonds. The second kappa shape index (κ2) is 16.1. The van der Waals surface area contributed by atoms with Crippen molar-refractivity contribution in [3.63, 3.8) is 0 Å². The third kappa shape index (κ3) is 6.94. The van der Waals surface area contributed by atoms with Gasteiger partial charge in [0, 0.05) is 28.0 Å². The molecule has 0 aliphatic rings. The molecule has 0 aliphatic carbocycles. The number of benzene rings is 10. The van der Waals surface area contributed by atoms with Gasteiger partial charge in [0.15, 0.2) is 0 Å². The molecule has 0 fully saturated rings. The number of hydrogen-bond acceptors (Lipinski definition) is 2. The summed E-state index contributed by atoms with van der Waals surface area (Å²) < 4.78 is 6.35. The Kier molecular flexibility index (Phi) is 9.57. The van der Waals surface area contributed by atoms with E-state index >= 15 is 0 Å². The van der Waals surface area contributed by atoms with Crippen LogP contribution in [0.25, 0.3) is 88.7 Å². The zero-order valence-corrected chi connectivity index (χ0v) is 34.0. The minimum Gasteiger partial charge on any atom is -0.456 e. The van der Waals surface area contributed by atoms with E-state index in [1.165, 1.54) is 49.7 Å². The Balaban J connectivity index is 0.984. The second-order valence-electron chi connectivity index (χ2n) is 15.7. The fourth-order valence-electron chi connectivity index (χ4n) is 8.92. The van der Waals surface area contributed by atoms with Crippen LogP contribution in [0.1, 0.15) is 0 Å². The molecule has 11 aromatic rings. The molecular weight excluding hydrogens is 751 g/mol. The van der Waals surface area contributed by atoms with Gasteiger partial charge in [-0.05, 0) is 115 Å². The molecule has 2 nitrogen and oxygen atoms in total. The van der Waals surface area contributed by atoms with Gasteiger partial charge in [0.25, 0.3) is 0 Å². The fraction of sp³-hybridized carbons (Fsp3) is 0. The third-order valence-electron chi connectivity index (χ3n) is 11.9. The summed E-state index contributed by atoms with van der Waals surface area (Å²) >= 11 is 0. The average molecular weight is 792 g/mol. The maximum atomic E-state index is 6.35. The maximum absolute atomic E-state index is 6.35. The van der Waals surface area contributed by atoms with Crippen molar-refractivity contribution in [1.82, 2.24) is 0 Å². The van der Waals surface area contributed by atoms with Crippen LogP contribution in [0, 0.1) is 0 Å². The number of furan rings is 1. The summed E-state index contributed by atoms with van der Waals surface area (Å²) in [5.74, 6) is 0.865. The van der Waals surface area contributed by atoms with Crippen LogP contribution < -0.4 is 4.90 Å². The van der Waals surface area contributed by atoms with Gasteiger partial charge in [0.1, 0.15) is 11.3 Å². The van der Waals surface area contributed by atoms with E-state index in [-0.39, 0.29) is 0 Å². The minimum atomic E-state index is 0.865. The third-order valence-corrected chi connectivity index (χ3v) is 11.9. The predicted octanol–water partition coefficient (Wildman–Crippen LogP) is 17.1. The van der Waals surface area contributed by atoms with E-state index in [1.54, 1.807) is 0 Å². The smallest absolute Gasteiger partial charge is 0.136 e. The Bertz CT molecular complexity index is 3290. The lowest BCUT2D eigenvalue weighted by molar-refractivity contribution is 0.632. The number of anilines is 3. The van der Waals surface area contributed by atoms with Crippen molar-refractivity contribution in [2.24, 2.45) is 0 Å². The molecule has 11 rings (SSSR count). The molecule has 1 heterocycles. The predicted molar refractivity (Wildman–Crippen MR) is 261 cm³/mol. The molecule has 62 heavy (non-hydrogen) atoms. The number of para-hydroxylation sites is 1. The van der Waals surface area contributed by atoms with Crippen molar-refractivity contribution in [3.8, 4) is 67.0 Å². The summed E-state index contributed by atoms with van der Waals surface area (Å²) in [6.45, 7) is 0. The van der Waals surface area contributed by atoms with Crippen LogP contribution in [-0.2, 0) is 0 Å². The van der Waals surface area contributed by atoms with Crippen molar-refractivity contribution in [2.45, 2.75) is 0 Å². The van der Waals surface area contributed by atoms with E-state index in [2.05, 4.69) is 235 Å². The average Bonchev–Trinajstić information content (AvgIpc) is 3.80. The molecule has 0 saturated carbocycles. The first-order chi connectivity index (χ1) is 30.7. The maximum Gasteiger partial charge on any atom is 0.136 e. The van der Waals surface area contributed by atoms with E-state index in [0.29, 0.717) is 0 Å². The molecular formula is C60H41NO. The minimum absolute atomic E-state index is 0.865. The lowest BCUT2D eigenvalue weighted by atomic mass is 9.89. The van der Waals surface area contributed by atoms with Crippen molar-refractivity contribution in [3.05, 3.63) is 249 Å². The normalized spacial score (nSPS) is 11.2. The van der Waals surface area contributed by atoms with Crippen molar-refractivity contribution >= 4 is 38.8 Å². The van der Waals surface area contributed by atoms with Gasteiger partial charge in [-0.25, -0.2) is 0 Å². The lowest BCUT2D eigenvalue weighted by Crippen LogP contribution is -2.09. The van der Waals surface area contributed by atoms with E-state index in [4.69, 9.17) is 4.42 Å². The van der Waals surface area contributed by atoms with Gasteiger partial charge < -0.3 is 9.32 Å². The van der Waals surface area contributed by atoms with Crippen LogP contribution in [0.5, 0.6) is 0 Å². The molecule has 0 N–H and O–H groups in total. The second-order valence-corrected chi connectivity index (χ2v) is 15.7. The molecule has 292 valence electrons. The van der Waals surface area contributed by atoms with Crippen LogP contribution in [0.3, 0.4) is 0 Å². The van der Waals surface area contributed by atoms with Crippen molar-refractivity contribution < 1.29 is 4.42 Å². The largest absolute Gasteiger partial charge is 0.456 e. The molecule has 0 aliphatic heterocycles. The van der Waals surface area contributed by atoms with Gasteiger partial charge >= 0.3 is 0 Å². The molecule has 2 heteroatoms. The summed E-state index contributed by atoms with van der Waals surface area (Å²) in [6.07, 6.45) is 0. The van der Waals surface area contributed by atoms with Gasteiger partial charge in [-0.15, -0.1) is 0 Å². The number of rotatable bonds is 9. The first-order valence-electron chi connectivity index (χ1n) is 21.2. The summed E-state index contributed by atoms with van der Waals surface area (Å²) in [5, 5.41) is 3.59. The van der Waals surface area contributed by atoms with Crippen LogP contribution in [0.2, 0.25) is 0 Å². The highest BCUT2D eigenvalue weighted by molar-refractivity contribution is 5.97. The van der Waals surface area contributed by atoms with E-state index in [9.17, 15) is 0 Å². The molecule has 0 radical (unpaired) electrons. The Labute approximate surface area is 362 Å². The molecule has 0 spiro atoms.